The van der Waals surface area contributed by atoms with Crippen molar-refractivity contribution in [1.82, 2.24) is 0 Å². The first-order valence-corrected chi connectivity index (χ1v) is 4.62. The van der Waals surface area contributed by atoms with Crippen molar-refractivity contribution in [2.75, 3.05) is 7.11 Å². The molecule has 0 aromatic heterocycles. The van der Waals surface area contributed by atoms with Crippen molar-refractivity contribution >= 4 is 18.2 Å². The fourth-order valence-electron chi connectivity index (χ4n) is 1.14. The van der Waals surface area contributed by atoms with Crippen LogP contribution in [0.15, 0.2) is 18.2 Å². The van der Waals surface area contributed by atoms with Gasteiger partial charge in [-0.2, -0.15) is 0 Å². The molecule has 0 heterocycles. The summed E-state index contributed by atoms with van der Waals surface area (Å²) in [4.78, 5) is 31.9. The van der Waals surface area contributed by atoms with Gasteiger partial charge in [0.2, 0.25) is 0 Å². The molecule has 0 saturated heterocycles. The molecule has 0 radical (unpaired) electrons. The molecule has 0 spiro atoms. The van der Waals surface area contributed by atoms with E-state index in [-0.39, 0.29) is 11.5 Å². The molecule has 1 rings (SSSR count). The summed E-state index contributed by atoms with van der Waals surface area (Å²) in [6.45, 7) is 0. The van der Waals surface area contributed by atoms with Crippen molar-refractivity contribution in [3.8, 4) is 11.5 Å². The topological polar surface area (TPSA) is 89.9 Å². The lowest BCUT2D eigenvalue weighted by Gasteiger charge is -2.06. The van der Waals surface area contributed by atoms with E-state index in [4.69, 9.17) is 14.6 Å². The van der Waals surface area contributed by atoms with Gasteiger partial charge in [0.25, 0.3) is 0 Å². The van der Waals surface area contributed by atoms with Gasteiger partial charge in [0, 0.05) is 6.07 Å². The number of ether oxygens (including phenoxy) is 2. The molecule has 0 fully saturated rings. The molecule has 6 nitrogen and oxygen atoms in total. The largest absolute Gasteiger partial charge is 0.496 e. The Bertz CT molecular complexity index is 451. The van der Waals surface area contributed by atoms with Gasteiger partial charge in [-0.15, -0.1) is 0 Å². The van der Waals surface area contributed by atoms with Gasteiger partial charge >= 0.3 is 11.9 Å². The molecule has 1 aromatic rings. The first-order chi connectivity index (χ1) is 8.06. The lowest BCUT2D eigenvalue weighted by atomic mass is 10.2. The van der Waals surface area contributed by atoms with Gasteiger partial charge in [0.15, 0.2) is 6.29 Å². The number of esters is 1. The standard InChI is InChI=1S/C11H10O6/c1-16-9-4-8(3-2-7(9)6-12)17-11(15)5-10(13)14/h2-4,6H,5H2,1H3,(H,13,14). The van der Waals surface area contributed by atoms with E-state index in [0.29, 0.717) is 11.8 Å². The molecule has 0 unspecified atom stereocenters. The summed E-state index contributed by atoms with van der Waals surface area (Å²) < 4.78 is 9.65. The van der Waals surface area contributed by atoms with Crippen LogP contribution in [0.1, 0.15) is 16.8 Å². The van der Waals surface area contributed by atoms with Crippen molar-refractivity contribution < 1.29 is 29.0 Å². The molecule has 1 N–H and O–H groups in total. The fourth-order valence-corrected chi connectivity index (χ4v) is 1.14. The number of methoxy groups -OCH3 is 1. The second-order valence-electron chi connectivity index (χ2n) is 3.07. The number of aldehydes is 1. The average molecular weight is 238 g/mol. The number of carbonyl (C=O) groups excluding carboxylic acids is 2. The minimum absolute atomic E-state index is 0.124. The van der Waals surface area contributed by atoms with Crippen LogP contribution in [-0.2, 0) is 9.59 Å². The van der Waals surface area contributed by atoms with Gasteiger partial charge in [-0.25, -0.2) is 0 Å². The van der Waals surface area contributed by atoms with Crippen LogP contribution in [0.2, 0.25) is 0 Å². The Kier molecular flexibility index (Phi) is 4.21. The molecular formula is C11H10O6. The summed E-state index contributed by atoms with van der Waals surface area (Å²) in [7, 11) is 1.37. The predicted molar refractivity (Wildman–Crippen MR) is 56.3 cm³/mol. The van der Waals surface area contributed by atoms with E-state index in [2.05, 4.69) is 0 Å². The SMILES string of the molecule is COc1cc(OC(=O)CC(=O)O)ccc1C=O. The van der Waals surface area contributed by atoms with Gasteiger partial charge in [-0.3, -0.25) is 14.4 Å². The minimum Gasteiger partial charge on any atom is -0.496 e. The third-order valence-electron chi connectivity index (χ3n) is 1.86. The molecule has 90 valence electrons. The summed E-state index contributed by atoms with van der Waals surface area (Å²) in [5.41, 5.74) is 0.311. The van der Waals surface area contributed by atoms with Crippen LogP contribution in [0, 0.1) is 0 Å². The highest BCUT2D eigenvalue weighted by Crippen LogP contribution is 2.23. The molecule has 1 aromatic carbocycles. The molecule has 0 aliphatic rings. The molecule has 0 aliphatic heterocycles. The zero-order valence-electron chi connectivity index (χ0n) is 9.00. The van der Waals surface area contributed by atoms with Crippen molar-refractivity contribution in [1.29, 1.82) is 0 Å². The van der Waals surface area contributed by atoms with E-state index in [1.54, 1.807) is 0 Å². The normalized spacial score (nSPS) is 9.47. The Morgan fingerprint density at radius 1 is 1.41 bits per heavy atom. The zero-order chi connectivity index (χ0) is 12.8. The number of hydrogen-bond acceptors (Lipinski definition) is 5. The number of carboxylic acids is 1. The van der Waals surface area contributed by atoms with Gasteiger partial charge in [0.05, 0.1) is 12.7 Å². The molecule has 6 heteroatoms. The Morgan fingerprint density at radius 3 is 2.65 bits per heavy atom. The van der Waals surface area contributed by atoms with Crippen LogP contribution in [0.3, 0.4) is 0 Å². The summed E-state index contributed by atoms with van der Waals surface area (Å²) >= 11 is 0. The quantitative estimate of drug-likeness (QED) is 0.354. The molecular weight excluding hydrogens is 228 g/mol. The lowest BCUT2D eigenvalue weighted by molar-refractivity contribution is -0.145. The molecule has 0 bridgehead atoms. The first kappa shape index (κ1) is 12.7. The van der Waals surface area contributed by atoms with Gasteiger partial charge < -0.3 is 14.6 Å². The highest BCUT2D eigenvalue weighted by molar-refractivity contribution is 5.91. The lowest BCUT2D eigenvalue weighted by Crippen LogP contribution is -2.13. The Morgan fingerprint density at radius 2 is 2.12 bits per heavy atom. The second kappa shape index (κ2) is 5.64. The molecule has 0 aliphatic carbocycles. The Hall–Kier alpha value is -2.37. The minimum atomic E-state index is -1.27. The Labute approximate surface area is 96.8 Å². The highest BCUT2D eigenvalue weighted by atomic mass is 16.5. The fraction of sp³-hybridized carbons (Fsp3) is 0.182. The van der Waals surface area contributed by atoms with Crippen LogP contribution < -0.4 is 9.47 Å². The third-order valence-corrected chi connectivity index (χ3v) is 1.86. The molecule has 0 amide bonds. The van der Waals surface area contributed by atoms with E-state index < -0.39 is 18.4 Å². The van der Waals surface area contributed by atoms with Crippen LogP contribution in [0.4, 0.5) is 0 Å². The monoisotopic (exact) mass is 238 g/mol. The molecule has 0 saturated carbocycles. The van der Waals surface area contributed by atoms with Crippen molar-refractivity contribution in [3.63, 3.8) is 0 Å². The summed E-state index contributed by atoms with van der Waals surface area (Å²) in [6.07, 6.45) is -0.126. The van der Waals surface area contributed by atoms with Gasteiger partial charge in [-0.1, -0.05) is 0 Å². The van der Waals surface area contributed by atoms with E-state index >= 15 is 0 Å². The third kappa shape index (κ3) is 3.60. The molecule has 0 atom stereocenters. The number of benzene rings is 1. The maximum Gasteiger partial charge on any atom is 0.322 e. The Balaban J connectivity index is 2.82. The number of hydrogen-bond donors (Lipinski definition) is 1. The zero-order valence-corrected chi connectivity index (χ0v) is 9.00. The van der Waals surface area contributed by atoms with Crippen LogP contribution in [0.5, 0.6) is 11.5 Å². The predicted octanol–water partition coefficient (Wildman–Crippen LogP) is 0.888. The van der Waals surface area contributed by atoms with Gasteiger partial charge in [-0.05, 0) is 12.1 Å². The van der Waals surface area contributed by atoms with Crippen LogP contribution >= 0.6 is 0 Å². The maximum absolute atomic E-state index is 11.1. The van der Waals surface area contributed by atoms with E-state index in [0.717, 1.165) is 0 Å². The first-order valence-electron chi connectivity index (χ1n) is 4.62. The summed E-state index contributed by atoms with van der Waals surface area (Å²) in [6, 6.07) is 4.13. The van der Waals surface area contributed by atoms with Crippen molar-refractivity contribution in [2.45, 2.75) is 6.42 Å². The van der Waals surface area contributed by atoms with Crippen LogP contribution in [0.25, 0.3) is 0 Å². The van der Waals surface area contributed by atoms with E-state index in [1.807, 2.05) is 0 Å². The average Bonchev–Trinajstić information content (AvgIpc) is 2.27. The second-order valence-corrected chi connectivity index (χ2v) is 3.07. The molecule has 17 heavy (non-hydrogen) atoms. The summed E-state index contributed by atoms with van der Waals surface area (Å²) in [5.74, 6) is -1.79. The van der Waals surface area contributed by atoms with Crippen LogP contribution in [-0.4, -0.2) is 30.4 Å². The van der Waals surface area contributed by atoms with Gasteiger partial charge in [0.1, 0.15) is 17.9 Å². The smallest absolute Gasteiger partial charge is 0.322 e. The maximum atomic E-state index is 11.1. The van der Waals surface area contributed by atoms with Crippen molar-refractivity contribution in [3.05, 3.63) is 23.8 Å². The van der Waals surface area contributed by atoms with E-state index in [1.165, 1.54) is 25.3 Å². The number of carbonyl (C=O) groups is 3. The number of rotatable bonds is 5. The number of aliphatic carboxylic acids is 1. The van der Waals surface area contributed by atoms with E-state index in [9.17, 15) is 14.4 Å². The number of carboxylic acid groups (broad SMARTS) is 1. The highest BCUT2D eigenvalue weighted by Gasteiger charge is 2.11. The van der Waals surface area contributed by atoms with Crippen molar-refractivity contribution in [2.24, 2.45) is 0 Å². The summed E-state index contributed by atoms with van der Waals surface area (Å²) in [5, 5.41) is 8.37.